The van der Waals surface area contributed by atoms with E-state index in [-0.39, 0.29) is 0 Å². The maximum atomic E-state index is 4.50. The lowest BCUT2D eigenvalue weighted by Crippen LogP contribution is -2.40. The summed E-state index contributed by atoms with van der Waals surface area (Å²) in [6.07, 6.45) is 8.81. The first kappa shape index (κ1) is 16.1. The molecule has 5 nitrogen and oxygen atoms in total. The normalized spacial score (nSPS) is 20.3. The Balaban J connectivity index is 1.59. The Bertz CT molecular complexity index is 560. The number of hydrogen-bond acceptors (Lipinski definition) is 3. The molecule has 23 heavy (non-hydrogen) atoms. The van der Waals surface area contributed by atoms with Crippen molar-refractivity contribution in [2.45, 2.75) is 38.6 Å². The molecule has 2 heterocycles. The molecule has 0 bridgehead atoms. The van der Waals surface area contributed by atoms with E-state index in [9.17, 15) is 0 Å². The van der Waals surface area contributed by atoms with Crippen LogP contribution >= 0.6 is 0 Å². The molecule has 1 aromatic rings. The molecule has 1 aliphatic heterocycles. The maximum Gasteiger partial charge on any atom is 0.193 e. The predicted octanol–water partition coefficient (Wildman–Crippen LogP) is 2.49. The van der Waals surface area contributed by atoms with Gasteiger partial charge in [0, 0.05) is 47.0 Å². The monoisotopic (exact) mass is 315 g/mol. The second-order valence-corrected chi connectivity index (χ2v) is 7.20. The minimum atomic E-state index is 0.576. The Morgan fingerprint density at radius 1 is 1.35 bits per heavy atom. The Labute approximate surface area is 139 Å². The number of aromatic nitrogens is 1. The van der Waals surface area contributed by atoms with Crippen LogP contribution in [0.5, 0.6) is 0 Å². The predicted molar refractivity (Wildman–Crippen MR) is 95.9 cm³/mol. The smallest absolute Gasteiger partial charge is 0.193 e. The van der Waals surface area contributed by atoms with Crippen LogP contribution in [0.1, 0.15) is 37.7 Å². The highest BCUT2D eigenvalue weighted by Gasteiger charge is 2.40. The van der Waals surface area contributed by atoms with Crippen molar-refractivity contribution in [1.82, 2.24) is 15.2 Å². The number of nitrogens with zero attached hydrogens (tertiary/aromatic N) is 4. The van der Waals surface area contributed by atoms with Gasteiger partial charge >= 0.3 is 0 Å². The number of likely N-dealkylation sites (tertiary alicyclic amines) is 1. The molecule has 0 atom stereocenters. The minimum absolute atomic E-state index is 0.576. The fourth-order valence-corrected chi connectivity index (χ4v) is 3.98. The van der Waals surface area contributed by atoms with Crippen LogP contribution in [0.15, 0.2) is 23.3 Å². The van der Waals surface area contributed by atoms with Crippen LogP contribution in [-0.4, -0.2) is 50.1 Å². The zero-order valence-corrected chi connectivity index (χ0v) is 14.7. The quantitative estimate of drug-likeness (QED) is 0.687. The second-order valence-electron chi connectivity index (χ2n) is 7.20. The molecule has 2 fully saturated rings. The average molecular weight is 315 g/mol. The van der Waals surface area contributed by atoms with Gasteiger partial charge in [0.25, 0.3) is 0 Å². The van der Waals surface area contributed by atoms with E-state index in [4.69, 9.17) is 0 Å². The zero-order chi connectivity index (χ0) is 16.3. The molecule has 1 aromatic heterocycles. The van der Waals surface area contributed by atoms with Crippen molar-refractivity contribution in [2.24, 2.45) is 10.4 Å². The summed E-state index contributed by atoms with van der Waals surface area (Å²) in [7, 11) is 5.92. The van der Waals surface area contributed by atoms with Gasteiger partial charge < -0.3 is 15.1 Å². The van der Waals surface area contributed by atoms with Crippen molar-refractivity contribution < 1.29 is 0 Å². The number of aliphatic imine (C=N–C) groups is 1. The van der Waals surface area contributed by atoms with Crippen molar-refractivity contribution in [3.8, 4) is 0 Å². The summed E-state index contributed by atoms with van der Waals surface area (Å²) in [5, 5.41) is 3.53. The van der Waals surface area contributed by atoms with Crippen LogP contribution in [0.25, 0.3) is 0 Å². The largest absolute Gasteiger partial charge is 0.363 e. The molecule has 0 aromatic carbocycles. The number of guanidine groups is 1. The molecule has 3 rings (SSSR count). The van der Waals surface area contributed by atoms with E-state index >= 15 is 0 Å². The molecule has 0 amide bonds. The van der Waals surface area contributed by atoms with E-state index in [1.165, 1.54) is 44.2 Å². The molecular weight excluding hydrogens is 286 g/mol. The van der Waals surface area contributed by atoms with Crippen LogP contribution in [0.4, 0.5) is 5.82 Å². The molecule has 0 unspecified atom stereocenters. The van der Waals surface area contributed by atoms with E-state index in [0.29, 0.717) is 5.41 Å². The highest BCUT2D eigenvalue weighted by molar-refractivity contribution is 5.80. The Hall–Kier alpha value is -1.78. The van der Waals surface area contributed by atoms with E-state index in [1.807, 2.05) is 32.2 Å². The Morgan fingerprint density at radius 3 is 2.83 bits per heavy atom. The molecule has 2 aliphatic rings. The third-order valence-electron chi connectivity index (χ3n) is 5.33. The number of anilines is 1. The summed E-state index contributed by atoms with van der Waals surface area (Å²) in [5.74, 6) is 2.03. The standard InChI is InChI=1S/C18H29N5/c1-19-17(23-11-9-18(14-23)7-4-5-8-18)21-13-15-6-10-20-16(12-15)22(2)3/h6,10,12H,4-5,7-9,11,13-14H2,1-3H3,(H,19,21). The third kappa shape index (κ3) is 3.59. The molecule has 1 aliphatic carbocycles. The molecule has 1 saturated heterocycles. The fourth-order valence-electron chi connectivity index (χ4n) is 3.98. The highest BCUT2D eigenvalue weighted by atomic mass is 15.3. The molecule has 1 spiro atoms. The molecule has 1 N–H and O–H groups in total. The van der Waals surface area contributed by atoms with E-state index in [1.54, 1.807) is 0 Å². The summed E-state index contributed by atoms with van der Waals surface area (Å²) in [6, 6.07) is 4.19. The highest BCUT2D eigenvalue weighted by Crippen LogP contribution is 2.45. The SMILES string of the molecule is CN=C(NCc1ccnc(N(C)C)c1)N1CCC2(CCCC2)C1. The van der Waals surface area contributed by atoms with Crippen LogP contribution in [0, 0.1) is 5.41 Å². The first-order valence-electron chi connectivity index (χ1n) is 8.70. The number of rotatable bonds is 3. The van der Waals surface area contributed by atoms with Crippen molar-refractivity contribution in [3.05, 3.63) is 23.9 Å². The molecule has 5 heteroatoms. The zero-order valence-electron chi connectivity index (χ0n) is 14.7. The molecule has 126 valence electrons. The second kappa shape index (κ2) is 6.77. The summed E-state index contributed by atoms with van der Waals surface area (Å²) in [5.41, 5.74) is 1.81. The van der Waals surface area contributed by atoms with Gasteiger partial charge in [0.05, 0.1) is 0 Å². The van der Waals surface area contributed by atoms with Gasteiger partial charge in [-0.1, -0.05) is 12.8 Å². The summed E-state index contributed by atoms with van der Waals surface area (Å²) >= 11 is 0. The van der Waals surface area contributed by atoms with Crippen LogP contribution in [0.2, 0.25) is 0 Å². The van der Waals surface area contributed by atoms with Gasteiger partial charge in [-0.05, 0) is 42.4 Å². The van der Waals surface area contributed by atoms with Gasteiger partial charge in [0.15, 0.2) is 5.96 Å². The fraction of sp³-hybridized carbons (Fsp3) is 0.667. The third-order valence-corrected chi connectivity index (χ3v) is 5.33. The lowest BCUT2D eigenvalue weighted by atomic mass is 9.86. The molecule has 0 radical (unpaired) electrons. The summed E-state index contributed by atoms with van der Waals surface area (Å²) in [4.78, 5) is 13.3. The lowest BCUT2D eigenvalue weighted by molar-refractivity contribution is 0.309. The first-order valence-corrected chi connectivity index (χ1v) is 8.70. The lowest BCUT2D eigenvalue weighted by Gasteiger charge is -2.26. The van der Waals surface area contributed by atoms with Crippen LogP contribution < -0.4 is 10.2 Å². The number of hydrogen-bond donors (Lipinski definition) is 1. The summed E-state index contributed by atoms with van der Waals surface area (Å²) in [6.45, 7) is 3.10. The Kier molecular flexibility index (Phi) is 4.74. The van der Waals surface area contributed by atoms with Gasteiger partial charge in [-0.15, -0.1) is 0 Å². The van der Waals surface area contributed by atoms with Gasteiger partial charge in [-0.2, -0.15) is 0 Å². The van der Waals surface area contributed by atoms with Gasteiger partial charge in [-0.3, -0.25) is 4.99 Å². The van der Waals surface area contributed by atoms with E-state index in [0.717, 1.165) is 24.9 Å². The van der Waals surface area contributed by atoms with Crippen molar-refractivity contribution in [2.75, 3.05) is 39.1 Å². The van der Waals surface area contributed by atoms with Gasteiger partial charge in [0.1, 0.15) is 5.82 Å². The van der Waals surface area contributed by atoms with Crippen molar-refractivity contribution >= 4 is 11.8 Å². The topological polar surface area (TPSA) is 43.8 Å². The van der Waals surface area contributed by atoms with Gasteiger partial charge in [0.2, 0.25) is 0 Å². The van der Waals surface area contributed by atoms with Crippen LogP contribution in [-0.2, 0) is 6.54 Å². The van der Waals surface area contributed by atoms with Gasteiger partial charge in [-0.25, -0.2) is 4.98 Å². The maximum absolute atomic E-state index is 4.50. The number of nitrogens with one attached hydrogen (secondary N) is 1. The Morgan fingerprint density at radius 2 is 2.13 bits per heavy atom. The van der Waals surface area contributed by atoms with Crippen molar-refractivity contribution in [1.29, 1.82) is 0 Å². The molecular formula is C18H29N5. The van der Waals surface area contributed by atoms with Crippen LogP contribution in [0.3, 0.4) is 0 Å². The molecule has 1 saturated carbocycles. The first-order chi connectivity index (χ1) is 11.1. The van der Waals surface area contributed by atoms with E-state index in [2.05, 4.69) is 32.3 Å². The van der Waals surface area contributed by atoms with E-state index < -0.39 is 0 Å². The average Bonchev–Trinajstić information content (AvgIpc) is 3.19. The minimum Gasteiger partial charge on any atom is -0.363 e. The van der Waals surface area contributed by atoms with Crippen molar-refractivity contribution in [3.63, 3.8) is 0 Å². The summed E-state index contributed by atoms with van der Waals surface area (Å²) < 4.78 is 0. The number of pyridine rings is 1.